The average molecular weight is 278 g/mol. The van der Waals surface area contributed by atoms with Crippen molar-refractivity contribution in [3.05, 3.63) is 58.4 Å². The molecule has 2 aromatic rings. The molecule has 0 amide bonds. The molecule has 0 aliphatic carbocycles. The highest BCUT2D eigenvalue weighted by atomic mass is 35.5. The molecular formula is C15H16ClNO2. The lowest BCUT2D eigenvalue weighted by Gasteiger charge is -2.11. The maximum absolute atomic E-state index is 9.47. The van der Waals surface area contributed by atoms with Crippen LogP contribution in [0.1, 0.15) is 29.8 Å². The molecule has 4 heteroatoms. The van der Waals surface area contributed by atoms with Crippen LogP contribution in [0.5, 0.6) is 5.75 Å². The molecule has 0 aliphatic rings. The number of aromatic nitrogens is 1. The minimum atomic E-state index is -0.537. The first-order valence-electron chi connectivity index (χ1n) is 6.08. The standard InChI is InChI=1S/C15H16ClNO2/c1-10-4-3-7-17-14(10)9-19-15-6-5-12(11(2)18)8-13(15)16/h3-8,11,18H,9H2,1-2H3/t11-/m0/s1. The lowest BCUT2D eigenvalue weighted by molar-refractivity contribution is 0.199. The quantitative estimate of drug-likeness (QED) is 0.927. The van der Waals surface area contributed by atoms with E-state index in [0.717, 1.165) is 16.8 Å². The first kappa shape index (κ1) is 13.8. The van der Waals surface area contributed by atoms with Gasteiger partial charge >= 0.3 is 0 Å². The molecule has 1 aromatic carbocycles. The van der Waals surface area contributed by atoms with E-state index in [2.05, 4.69) is 4.98 Å². The molecule has 1 heterocycles. The zero-order chi connectivity index (χ0) is 13.8. The Bertz CT molecular complexity index is 570. The van der Waals surface area contributed by atoms with Gasteiger partial charge < -0.3 is 9.84 Å². The summed E-state index contributed by atoms with van der Waals surface area (Å²) in [6.07, 6.45) is 1.20. The molecule has 0 bridgehead atoms. The zero-order valence-corrected chi connectivity index (χ0v) is 11.7. The van der Waals surface area contributed by atoms with Crippen molar-refractivity contribution in [2.45, 2.75) is 26.6 Å². The van der Waals surface area contributed by atoms with Crippen LogP contribution in [-0.2, 0) is 6.61 Å². The van der Waals surface area contributed by atoms with Crippen LogP contribution in [0.4, 0.5) is 0 Å². The van der Waals surface area contributed by atoms with Gasteiger partial charge in [0, 0.05) is 6.20 Å². The molecule has 2 rings (SSSR count). The van der Waals surface area contributed by atoms with Crippen molar-refractivity contribution in [2.75, 3.05) is 0 Å². The number of hydrogen-bond acceptors (Lipinski definition) is 3. The molecule has 1 aromatic heterocycles. The van der Waals surface area contributed by atoms with Gasteiger partial charge in [0.1, 0.15) is 12.4 Å². The summed E-state index contributed by atoms with van der Waals surface area (Å²) < 4.78 is 5.66. The summed E-state index contributed by atoms with van der Waals surface area (Å²) in [5.74, 6) is 0.594. The predicted molar refractivity (Wildman–Crippen MR) is 75.4 cm³/mol. The molecule has 0 saturated heterocycles. The van der Waals surface area contributed by atoms with Crippen LogP contribution in [-0.4, -0.2) is 10.1 Å². The van der Waals surface area contributed by atoms with E-state index in [-0.39, 0.29) is 0 Å². The molecule has 0 aliphatic heterocycles. The van der Waals surface area contributed by atoms with E-state index in [0.29, 0.717) is 17.4 Å². The second-order valence-corrected chi connectivity index (χ2v) is 4.83. The predicted octanol–water partition coefficient (Wildman–Crippen LogP) is 3.68. The third kappa shape index (κ3) is 3.46. The Balaban J connectivity index is 2.10. The van der Waals surface area contributed by atoms with E-state index >= 15 is 0 Å². The van der Waals surface area contributed by atoms with E-state index in [1.165, 1.54) is 0 Å². The number of nitrogens with zero attached hydrogens (tertiary/aromatic N) is 1. The summed E-state index contributed by atoms with van der Waals surface area (Å²) in [7, 11) is 0. The molecular weight excluding hydrogens is 262 g/mol. The average Bonchev–Trinajstić information content (AvgIpc) is 2.39. The highest BCUT2D eigenvalue weighted by Crippen LogP contribution is 2.28. The fraction of sp³-hybridized carbons (Fsp3) is 0.267. The lowest BCUT2D eigenvalue weighted by Crippen LogP contribution is -2.01. The topological polar surface area (TPSA) is 42.4 Å². The number of ether oxygens (including phenoxy) is 1. The van der Waals surface area contributed by atoms with Crippen molar-refractivity contribution in [1.29, 1.82) is 0 Å². The van der Waals surface area contributed by atoms with Gasteiger partial charge in [-0.1, -0.05) is 23.7 Å². The normalized spacial score (nSPS) is 12.2. The van der Waals surface area contributed by atoms with Crippen LogP contribution in [0.3, 0.4) is 0 Å². The number of halogens is 1. The Morgan fingerprint density at radius 1 is 1.37 bits per heavy atom. The van der Waals surface area contributed by atoms with Gasteiger partial charge in [0.25, 0.3) is 0 Å². The maximum atomic E-state index is 9.47. The van der Waals surface area contributed by atoms with Crippen LogP contribution in [0.2, 0.25) is 5.02 Å². The van der Waals surface area contributed by atoms with Gasteiger partial charge in [0.2, 0.25) is 0 Å². The Kier molecular flexibility index (Phi) is 4.40. The van der Waals surface area contributed by atoms with Gasteiger partial charge in [-0.3, -0.25) is 4.98 Å². The fourth-order valence-corrected chi connectivity index (χ4v) is 1.95. The van der Waals surface area contributed by atoms with Crippen molar-refractivity contribution in [3.8, 4) is 5.75 Å². The molecule has 19 heavy (non-hydrogen) atoms. The van der Waals surface area contributed by atoms with E-state index in [4.69, 9.17) is 16.3 Å². The van der Waals surface area contributed by atoms with E-state index in [9.17, 15) is 5.11 Å². The minimum absolute atomic E-state index is 0.375. The Morgan fingerprint density at radius 3 is 2.79 bits per heavy atom. The molecule has 1 atom stereocenters. The van der Waals surface area contributed by atoms with Gasteiger partial charge in [-0.15, -0.1) is 0 Å². The Hall–Kier alpha value is -1.58. The van der Waals surface area contributed by atoms with E-state index in [1.54, 1.807) is 31.3 Å². The van der Waals surface area contributed by atoms with Gasteiger partial charge in [-0.25, -0.2) is 0 Å². The highest BCUT2D eigenvalue weighted by molar-refractivity contribution is 6.32. The molecule has 0 radical (unpaired) electrons. The van der Waals surface area contributed by atoms with Gasteiger partial charge in [0.05, 0.1) is 16.8 Å². The summed E-state index contributed by atoms with van der Waals surface area (Å²) in [4.78, 5) is 4.26. The second kappa shape index (κ2) is 6.04. The van der Waals surface area contributed by atoms with Crippen molar-refractivity contribution in [3.63, 3.8) is 0 Å². The van der Waals surface area contributed by atoms with E-state index in [1.807, 2.05) is 19.1 Å². The second-order valence-electron chi connectivity index (χ2n) is 4.42. The van der Waals surface area contributed by atoms with Crippen LogP contribution >= 0.6 is 11.6 Å². The summed E-state index contributed by atoms with van der Waals surface area (Å²) in [5, 5.41) is 9.97. The van der Waals surface area contributed by atoms with Crippen LogP contribution in [0.15, 0.2) is 36.5 Å². The molecule has 0 unspecified atom stereocenters. The van der Waals surface area contributed by atoms with Gasteiger partial charge in [-0.2, -0.15) is 0 Å². The van der Waals surface area contributed by atoms with Crippen molar-refractivity contribution in [2.24, 2.45) is 0 Å². The number of pyridine rings is 1. The zero-order valence-electron chi connectivity index (χ0n) is 10.9. The number of benzene rings is 1. The lowest BCUT2D eigenvalue weighted by atomic mass is 10.1. The third-order valence-electron chi connectivity index (χ3n) is 2.92. The fourth-order valence-electron chi connectivity index (χ4n) is 1.71. The van der Waals surface area contributed by atoms with E-state index < -0.39 is 6.10 Å². The first-order chi connectivity index (χ1) is 9.08. The molecule has 3 nitrogen and oxygen atoms in total. The van der Waals surface area contributed by atoms with Crippen molar-refractivity contribution < 1.29 is 9.84 Å². The highest BCUT2D eigenvalue weighted by Gasteiger charge is 2.07. The number of aliphatic hydroxyl groups is 1. The van der Waals surface area contributed by atoms with Crippen LogP contribution in [0.25, 0.3) is 0 Å². The SMILES string of the molecule is Cc1cccnc1COc1ccc([C@H](C)O)cc1Cl. The molecule has 100 valence electrons. The van der Waals surface area contributed by atoms with Crippen LogP contribution < -0.4 is 4.74 Å². The molecule has 0 saturated carbocycles. The monoisotopic (exact) mass is 277 g/mol. The van der Waals surface area contributed by atoms with Gasteiger partial charge in [-0.05, 0) is 43.2 Å². The smallest absolute Gasteiger partial charge is 0.138 e. The minimum Gasteiger partial charge on any atom is -0.486 e. The largest absolute Gasteiger partial charge is 0.486 e. The summed E-state index contributed by atoms with van der Waals surface area (Å²) in [6, 6.07) is 9.17. The molecule has 1 N–H and O–H groups in total. The summed E-state index contributed by atoms with van der Waals surface area (Å²) in [6.45, 7) is 4.06. The number of rotatable bonds is 4. The molecule has 0 spiro atoms. The number of hydrogen-bond donors (Lipinski definition) is 1. The summed E-state index contributed by atoms with van der Waals surface area (Å²) in [5.41, 5.74) is 2.74. The first-order valence-corrected chi connectivity index (χ1v) is 6.46. The van der Waals surface area contributed by atoms with Gasteiger partial charge in [0.15, 0.2) is 0 Å². The Morgan fingerprint density at radius 2 is 2.16 bits per heavy atom. The van der Waals surface area contributed by atoms with Crippen molar-refractivity contribution in [1.82, 2.24) is 4.98 Å². The maximum Gasteiger partial charge on any atom is 0.138 e. The third-order valence-corrected chi connectivity index (χ3v) is 3.22. The Labute approximate surface area is 117 Å². The summed E-state index contributed by atoms with van der Waals surface area (Å²) >= 11 is 6.12. The number of aliphatic hydroxyl groups excluding tert-OH is 1. The van der Waals surface area contributed by atoms with Crippen LogP contribution in [0, 0.1) is 6.92 Å². The number of aryl methyl sites for hydroxylation is 1. The molecule has 0 fully saturated rings. The van der Waals surface area contributed by atoms with Crippen molar-refractivity contribution >= 4 is 11.6 Å².